The maximum absolute atomic E-state index is 13.1. The molecule has 0 radical (unpaired) electrons. The third-order valence-corrected chi connectivity index (χ3v) is 7.60. The van der Waals surface area contributed by atoms with Gasteiger partial charge in [-0.3, -0.25) is 14.8 Å². The number of rotatable bonds is 5. The SMILES string of the molecule is CN(CCN1CCCCC1)C(=O)C1CCC2(CC1)OC(=O)c1cc(-c3cnccn3)ccc12. The van der Waals surface area contributed by atoms with E-state index in [0.717, 1.165) is 55.8 Å². The largest absolute Gasteiger partial charge is 0.451 e. The second kappa shape index (κ2) is 9.21. The first-order valence-corrected chi connectivity index (χ1v) is 12.2. The van der Waals surface area contributed by atoms with Crippen molar-refractivity contribution in [3.8, 4) is 11.3 Å². The lowest BCUT2D eigenvalue weighted by molar-refractivity contribution is -0.137. The third kappa shape index (κ3) is 4.38. The number of carbonyl (C=O) groups excluding carboxylic acids is 2. The zero-order valence-electron chi connectivity index (χ0n) is 19.3. The molecule has 7 heteroatoms. The fourth-order valence-electron chi connectivity index (χ4n) is 5.60. The van der Waals surface area contributed by atoms with Crippen molar-refractivity contribution in [2.24, 2.45) is 5.92 Å². The second-order valence-electron chi connectivity index (χ2n) is 9.67. The highest BCUT2D eigenvalue weighted by atomic mass is 16.6. The number of benzene rings is 1. The van der Waals surface area contributed by atoms with Crippen LogP contribution in [0.4, 0.5) is 0 Å². The molecule has 2 aromatic rings. The highest BCUT2D eigenvalue weighted by Crippen LogP contribution is 2.49. The molecule has 7 nitrogen and oxygen atoms in total. The van der Waals surface area contributed by atoms with Gasteiger partial charge in [-0.25, -0.2) is 4.79 Å². The topological polar surface area (TPSA) is 75.6 Å². The lowest BCUT2D eigenvalue weighted by atomic mass is 9.74. The molecule has 0 atom stereocenters. The highest BCUT2D eigenvalue weighted by molar-refractivity contribution is 5.96. The van der Waals surface area contributed by atoms with Gasteiger partial charge in [-0.2, -0.15) is 0 Å². The Kier molecular flexibility index (Phi) is 6.15. The quantitative estimate of drug-likeness (QED) is 0.650. The van der Waals surface area contributed by atoms with Crippen molar-refractivity contribution in [1.29, 1.82) is 0 Å². The standard InChI is InChI=1S/C26H32N4O3/c1-29(15-16-30-13-3-2-4-14-30)24(31)19-7-9-26(10-8-19)22-6-5-20(17-21(22)25(32)33-26)23-18-27-11-12-28-23/h5-6,11-12,17-19H,2-4,7-10,13-16H2,1H3. The van der Waals surface area contributed by atoms with Crippen molar-refractivity contribution < 1.29 is 14.3 Å². The number of likely N-dealkylation sites (N-methyl/N-ethyl adjacent to an activating group) is 1. The number of esters is 1. The molecule has 0 unspecified atom stereocenters. The Morgan fingerprint density at radius 3 is 2.70 bits per heavy atom. The Labute approximate surface area is 195 Å². The van der Waals surface area contributed by atoms with Crippen LogP contribution in [0.25, 0.3) is 11.3 Å². The molecule has 1 aliphatic carbocycles. The van der Waals surface area contributed by atoms with E-state index in [-0.39, 0.29) is 17.8 Å². The van der Waals surface area contributed by atoms with E-state index in [2.05, 4.69) is 14.9 Å². The van der Waals surface area contributed by atoms with E-state index in [1.165, 1.54) is 19.3 Å². The number of carbonyl (C=O) groups is 2. The molecule has 2 aliphatic heterocycles. The fourth-order valence-corrected chi connectivity index (χ4v) is 5.60. The molecule has 1 spiro atoms. The van der Waals surface area contributed by atoms with Crippen LogP contribution in [0.1, 0.15) is 60.9 Å². The van der Waals surface area contributed by atoms with Crippen molar-refractivity contribution >= 4 is 11.9 Å². The average Bonchev–Trinajstić information content (AvgIpc) is 3.14. The molecule has 1 amide bonds. The molecule has 1 saturated carbocycles. The molecule has 3 aliphatic rings. The molecule has 1 aromatic heterocycles. The first-order chi connectivity index (χ1) is 16.1. The molecule has 5 rings (SSSR count). The Balaban J connectivity index is 1.22. The Hall–Kier alpha value is -2.80. The second-order valence-corrected chi connectivity index (χ2v) is 9.67. The van der Waals surface area contributed by atoms with E-state index >= 15 is 0 Å². The molecule has 2 fully saturated rings. The molecule has 0 N–H and O–H groups in total. The van der Waals surface area contributed by atoms with E-state index in [9.17, 15) is 9.59 Å². The van der Waals surface area contributed by atoms with Crippen LogP contribution >= 0.6 is 0 Å². The molecule has 3 heterocycles. The summed E-state index contributed by atoms with van der Waals surface area (Å²) in [5.41, 5.74) is 2.55. The number of aromatic nitrogens is 2. The number of hydrogen-bond acceptors (Lipinski definition) is 6. The van der Waals surface area contributed by atoms with Crippen molar-refractivity contribution in [1.82, 2.24) is 19.8 Å². The Bertz CT molecular complexity index is 1010. The van der Waals surface area contributed by atoms with Crippen LogP contribution in [0.3, 0.4) is 0 Å². The van der Waals surface area contributed by atoms with Gasteiger partial charge >= 0.3 is 5.97 Å². The number of amides is 1. The van der Waals surface area contributed by atoms with E-state index in [4.69, 9.17) is 4.74 Å². The van der Waals surface area contributed by atoms with E-state index < -0.39 is 5.60 Å². The number of piperidine rings is 1. The van der Waals surface area contributed by atoms with E-state index in [1.807, 2.05) is 30.1 Å². The van der Waals surface area contributed by atoms with Crippen LogP contribution in [0.2, 0.25) is 0 Å². The number of ether oxygens (including phenoxy) is 1. The lowest BCUT2D eigenvalue weighted by Gasteiger charge is -2.37. The van der Waals surface area contributed by atoms with Crippen LogP contribution in [-0.2, 0) is 15.1 Å². The van der Waals surface area contributed by atoms with Gasteiger partial charge < -0.3 is 14.5 Å². The lowest BCUT2D eigenvalue weighted by Crippen LogP contribution is -2.43. The number of likely N-dealkylation sites (tertiary alicyclic amines) is 1. The minimum atomic E-state index is -0.601. The predicted octanol–water partition coefficient (Wildman–Crippen LogP) is 3.64. The van der Waals surface area contributed by atoms with Gasteiger partial charge in [0.2, 0.25) is 5.91 Å². The van der Waals surface area contributed by atoms with Crippen LogP contribution < -0.4 is 0 Å². The number of nitrogens with zero attached hydrogens (tertiary/aromatic N) is 4. The zero-order chi connectivity index (χ0) is 22.8. The predicted molar refractivity (Wildman–Crippen MR) is 124 cm³/mol. The van der Waals surface area contributed by atoms with Crippen molar-refractivity contribution in [2.45, 2.75) is 50.5 Å². The van der Waals surface area contributed by atoms with Crippen LogP contribution in [0.5, 0.6) is 0 Å². The summed E-state index contributed by atoms with van der Waals surface area (Å²) in [6.45, 7) is 4.04. The maximum atomic E-state index is 13.1. The van der Waals surface area contributed by atoms with Gasteiger partial charge in [0.05, 0.1) is 17.5 Å². The van der Waals surface area contributed by atoms with Gasteiger partial charge in [0.15, 0.2) is 0 Å². The molecular formula is C26H32N4O3. The maximum Gasteiger partial charge on any atom is 0.339 e. The molecule has 33 heavy (non-hydrogen) atoms. The first kappa shape index (κ1) is 22.0. The van der Waals surface area contributed by atoms with Gasteiger partial charge in [-0.15, -0.1) is 0 Å². The normalized spacial score (nSPS) is 25.0. The zero-order valence-corrected chi connectivity index (χ0v) is 19.3. The van der Waals surface area contributed by atoms with Crippen molar-refractivity contribution in [3.05, 3.63) is 47.9 Å². The average molecular weight is 449 g/mol. The molecule has 174 valence electrons. The summed E-state index contributed by atoms with van der Waals surface area (Å²) in [7, 11) is 1.93. The summed E-state index contributed by atoms with van der Waals surface area (Å²) in [6.07, 6.45) is 11.7. The molecular weight excluding hydrogens is 416 g/mol. The summed E-state index contributed by atoms with van der Waals surface area (Å²) in [4.78, 5) is 38.6. The molecule has 0 bridgehead atoms. The first-order valence-electron chi connectivity index (χ1n) is 12.2. The van der Waals surface area contributed by atoms with Crippen LogP contribution in [-0.4, -0.2) is 64.9 Å². The summed E-state index contributed by atoms with van der Waals surface area (Å²) in [6, 6.07) is 5.84. The molecule has 1 aromatic carbocycles. The monoisotopic (exact) mass is 448 g/mol. The number of fused-ring (bicyclic) bond motifs is 2. The van der Waals surface area contributed by atoms with Gasteiger partial charge in [-0.05, 0) is 57.7 Å². The Morgan fingerprint density at radius 1 is 1.18 bits per heavy atom. The van der Waals surface area contributed by atoms with Crippen molar-refractivity contribution in [3.63, 3.8) is 0 Å². The summed E-state index contributed by atoms with van der Waals surface area (Å²) >= 11 is 0. The van der Waals surface area contributed by atoms with Gasteiger partial charge in [-0.1, -0.05) is 18.6 Å². The molecule has 1 saturated heterocycles. The fraction of sp³-hybridized carbons (Fsp3) is 0.538. The highest BCUT2D eigenvalue weighted by Gasteiger charge is 2.48. The van der Waals surface area contributed by atoms with Gasteiger partial charge in [0.25, 0.3) is 0 Å². The van der Waals surface area contributed by atoms with Gasteiger partial charge in [0, 0.05) is 49.6 Å². The van der Waals surface area contributed by atoms with Gasteiger partial charge in [0.1, 0.15) is 5.60 Å². The summed E-state index contributed by atoms with van der Waals surface area (Å²) in [5.74, 6) is -0.0489. The van der Waals surface area contributed by atoms with E-state index in [0.29, 0.717) is 18.4 Å². The minimum absolute atomic E-state index is 0.00333. The summed E-state index contributed by atoms with van der Waals surface area (Å²) in [5, 5.41) is 0. The Morgan fingerprint density at radius 2 is 1.97 bits per heavy atom. The van der Waals surface area contributed by atoms with E-state index in [1.54, 1.807) is 18.6 Å². The smallest absolute Gasteiger partial charge is 0.339 e. The van der Waals surface area contributed by atoms with Crippen LogP contribution in [0.15, 0.2) is 36.8 Å². The third-order valence-electron chi connectivity index (χ3n) is 7.60. The number of hydrogen-bond donors (Lipinski definition) is 0. The van der Waals surface area contributed by atoms with Crippen molar-refractivity contribution in [2.75, 3.05) is 33.2 Å². The van der Waals surface area contributed by atoms with Crippen LogP contribution in [0, 0.1) is 5.92 Å². The minimum Gasteiger partial charge on any atom is -0.451 e. The summed E-state index contributed by atoms with van der Waals surface area (Å²) < 4.78 is 5.96.